The van der Waals surface area contributed by atoms with E-state index >= 15 is 0 Å². The topological polar surface area (TPSA) is 76.0 Å². The van der Waals surface area contributed by atoms with Gasteiger partial charge in [0.15, 0.2) is 0 Å². The maximum Gasteiger partial charge on any atom is 0.241 e. The lowest BCUT2D eigenvalue weighted by Gasteiger charge is -2.11. The minimum Gasteiger partial charge on any atom is -0.355 e. The zero-order valence-electron chi connectivity index (χ0n) is 15.2. The second-order valence-electron chi connectivity index (χ2n) is 6.49. The Kier molecular flexibility index (Phi) is 5.98. The van der Waals surface area contributed by atoms with E-state index in [9.17, 15) is 9.59 Å². The highest BCUT2D eigenvalue weighted by Gasteiger charge is 2.24. The van der Waals surface area contributed by atoms with Crippen LogP contribution in [0.5, 0.6) is 0 Å². The molecule has 1 aromatic carbocycles. The van der Waals surface area contributed by atoms with Crippen LogP contribution in [0.25, 0.3) is 0 Å². The van der Waals surface area contributed by atoms with E-state index in [1.807, 2.05) is 38.1 Å². The molecule has 1 aliphatic heterocycles. The maximum absolute atomic E-state index is 12.5. The number of hydrogen-bond donors (Lipinski definition) is 2. The highest BCUT2D eigenvalue weighted by Crippen LogP contribution is 2.34. The van der Waals surface area contributed by atoms with E-state index in [1.54, 1.807) is 16.4 Å². The molecule has 0 bridgehead atoms. The first kappa shape index (κ1) is 18.5. The molecule has 0 radical (unpaired) electrons. The predicted molar refractivity (Wildman–Crippen MR) is 104 cm³/mol. The highest BCUT2D eigenvalue weighted by atomic mass is 32.2. The molecule has 1 aliphatic rings. The van der Waals surface area contributed by atoms with E-state index in [0.717, 1.165) is 40.3 Å². The van der Waals surface area contributed by atoms with Crippen molar-refractivity contribution in [2.45, 2.75) is 44.7 Å². The number of amides is 2. The zero-order valence-corrected chi connectivity index (χ0v) is 16.0. The van der Waals surface area contributed by atoms with Gasteiger partial charge in [0.25, 0.3) is 0 Å². The van der Waals surface area contributed by atoms with Crippen LogP contribution in [0.1, 0.15) is 35.7 Å². The second kappa shape index (κ2) is 8.40. The fourth-order valence-corrected chi connectivity index (χ4v) is 4.00. The summed E-state index contributed by atoms with van der Waals surface area (Å²) in [6, 6.07) is 7.92. The Morgan fingerprint density at radius 2 is 2.12 bits per heavy atom. The summed E-state index contributed by atoms with van der Waals surface area (Å²) < 4.78 is 1.63. The van der Waals surface area contributed by atoms with Gasteiger partial charge in [-0.1, -0.05) is 36.8 Å². The van der Waals surface area contributed by atoms with Crippen LogP contribution >= 0.6 is 11.8 Å². The van der Waals surface area contributed by atoms with Crippen molar-refractivity contribution in [3.8, 4) is 0 Å². The number of carbonyl (C=O) groups excluding carboxylic acids is 2. The van der Waals surface area contributed by atoms with Gasteiger partial charge in [-0.05, 0) is 18.9 Å². The molecule has 0 atom stereocenters. The summed E-state index contributed by atoms with van der Waals surface area (Å²) in [6.45, 7) is 4.79. The molecule has 2 N–H and O–H groups in total. The number of aryl methyl sites for hydroxylation is 1. The molecule has 6 nitrogen and oxygen atoms in total. The van der Waals surface area contributed by atoms with Gasteiger partial charge in [-0.2, -0.15) is 16.9 Å². The standard InChI is InChI=1S/C19H24N4O2S/c1-3-7-20-18(25)10-23-19(15-11-26-12-16(15)22-23)21-17(24)9-14-6-4-5-13(2)8-14/h4-6,8H,3,7,9-12H2,1-2H3,(H,20,25)(H,21,24). The molecular weight excluding hydrogens is 348 g/mol. The molecule has 1 aromatic heterocycles. The first-order valence-electron chi connectivity index (χ1n) is 8.85. The third kappa shape index (κ3) is 4.46. The second-order valence-corrected chi connectivity index (χ2v) is 7.47. The monoisotopic (exact) mass is 372 g/mol. The molecule has 0 saturated carbocycles. The lowest BCUT2D eigenvalue weighted by atomic mass is 10.1. The van der Waals surface area contributed by atoms with Crippen LogP contribution in [0.15, 0.2) is 24.3 Å². The van der Waals surface area contributed by atoms with Crippen molar-refractivity contribution >= 4 is 29.4 Å². The van der Waals surface area contributed by atoms with Crippen molar-refractivity contribution in [1.82, 2.24) is 15.1 Å². The lowest BCUT2D eigenvalue weighted by Crippen LogP contribution is -2.29. The van der Waals surface area contributed by atoms with Crippen molar-refractivity contribution in [3.63, 3.8) is 0 Å². The lowest BCUT2D eigenvalue weighted by molar-refractivity contribution is -0.122. The Bertz CT molecular complexity index is 816. The average molecular weight is 372 g/mol. The van der Waals surface area contributed by atoms with Gasteiger partial charge in [0.1, 0.15) is 12.4 Å². The van der Waals surface area contributed by atoms with Gasteiger partial charge in [0.05, 0.1) is 12.1 Å². The van der Waals surface area contributed by atoms with Crippen LogP contribution in [0, 0.1) is 6.92 Å². The average Bonchev–Trinajstić information content (AvgIpc) is 3.16. The number of rotatable bonds is 7. The van der Waals surface area contributed by atoms with Crippen LogP contribution in [0.2, 0.25) is 0 Å². The van der Waals surface area contributed by atoms with Crippen molar-refractivity contribution < 1.29 is 9.59 Å². The van der Waals surface area contributed by atoms with E-state index in [0.29, 0.717) is 18.8 Å². The summed E-state index contributed by atoms with van der Waals surface area (Å²) in [5.74, 6) is 2.11. The minimum atomic E-state index is -0.0922. The summed E-state index contributed by atoms with van der Waals surface area (Å²) in [5.41, 5.74) is 4.10. The first-order valence-corrected chi connectivity index (χ1v) is 10.0. The largest absolute Gasteiger partial charge is 0.355 e. The first-order chi connectivity index (χ1) is 12.6. The smallest absolute Gasteiger partial charge is 0.241 e. The van der Waals surface area contributed by atoms with Gasteiger partial charge in [-0.15, -0.1) is 0 Å². The Balaban J connectivity index is 1.73. The summed E-state index contributed by atoms with van der Waals surface area (Å²) in [6.07, 6.45) is 1.19. The molecule has 0 fully saturated rings. The normalized spacial score (nSPS) is 12.7. The maximum atomic E-state index is 12.5. The quantitative estimate of drug-likeness (QED) is 0.783. The Morgan fingerprint density at radius 3 is 2.88 bits per heavy atom. The Hall–Kier alpha value is -2.28. The molecule has 0 unspecified atom stereocenters. The van der Waals surface area contributed by atoms with Crippen molar-refractivity contribution in [1.29, 1.82) is 0 Å². The van der Waals surface area contributed by atoms with Crippen LogP contribution in [-0.4, -0.2) is 28.1 Å². The van der Waals surface area contributed by atoms with Crippen LogP contribution in [-0.2, 0) is 34.1 Å². The molecule has 2 aromatic rings. The van der Waals surface area contributed by atoms with Crippen LogP contribution in [0.3, 0.4) is 0 Å². The van der Waals surface area contributed by atoms with Gasteiger partial charge < -0.3 is 10.6 Å². The van der Waals surface area contributed by atoms with Crippen LogP contribution in [0.4, 0.5) is 5.82 Å². The molecule has 3 rings (SSSR count). The van der Waals surface area contributed by atoms with E-state index < -0.39 is 0 Å². The summed E-state index contributed by atoms with van der Waals surface area (Å²) in [4.78, 5) is 24.6. The van der Waals surface area contributed by atoms with Gasteiger partial charge in [-0.25, -0.2) is 4.68 Å². The third-order valence-corrected chi connectivity index (χ3v) is 5.16. The molecular formula is C19H24N4O2S. The minimum absolute atomic E-state index is 0.0881. The molecule has 0 aliphatic carbocycles. The molecule has 138 valence electrons. The number of hydrogen-bond acceptors (Lipinski definition) is 4. The van der Waals surface area contributed by atoms with E-state index in [-0.39, 0.29) is 18.4 Å². The number of aromatic nitrogens is 2. The molecule has 7 heteroatoms. The number of nitrogens with one attached hydrogen (secondary N) is 2. The summed E-state index contributed by atoms with van der Waals surface area (Å²) in [5, 5.41) is 10.4. The number of carbonyl (C=O) groups is 2. The number of benzene rings is 1. The van der Waals surface area contributed by atoms with E-state index in [1.165, 1.54) is 0 Å². The Morgan fingerprint density at radius 1 is 1.27 bits per heavy atom. The number of fused-ring (bicyclic) bond motifs is 1. The van der Waals surface area contributed by atoms with E-state index in [2.05, 4.69) is 15.7 Å². The van der Waals surface area contributed by atoms with Crippen molar-refractivity contribution in [2.24, 2.45) is 0 Å². The fourth-order valence-electron chi connectivity index (χ4n) is 2.96. The van der Waals surface area contributed by atoms with Crippen molar-refractivity contribution in [3.05, 3.63) is 46.6 Å². The third-order valence-electron chi connectivity index (χ3n) is 4.19. The zero-order chi connectivity index (χ0) is 18.5. The molecule has 0 spiro atoms. The molecule has 2 amide bonds. The Labute approximate surface area is 157 Å². The van der Waals surface area contributed by atoms with Gasteiger partial charge in [0, 0.05) is 23.6 Å². The van der Waals surface area contributed by atoms with Crippen LogP contribution < -0.4 is 10.6 Å². The summed E-state index contributed by atoms with van der Waals surface area (Å²) in [7, 11) is 0. The van der Waals surface area contributed by atoms with E-state index in [4.69, 9.17) is 0 Å². The van der Waals surface area contributed by atoms with Gasteiger partial charge in [-0.3, -0.25) is 9.59 Å². The number of thioether (sulfide) groups is 1. The SMILES string of the molecule is CCCNC(=O)Cn1nc2c(c1NC(=O)Cc1cccc(C)c1)CSC2. The highest BCUT2D eigenvalue weighted by molar-refractivity contribution is 7.98. The summed E-state index contributed by atoms with van der Waals surface area (Å²) >= 11 is 1.77. The molecule has 26 heavy (non-hydrogen) atoms. The number of anilines is 1. The van der Waals surface area contributed by atoms with Gasteiger partial charge in [0.2, 0.25) is 11.8 Å². The molecule has 0 saturated heterocycles. The number of nitrogens with zero attached hydrogens (tertiary/aromatic N) is 2. The predicted octanol–water partition coefficient (Wildman–Crippen LogP) is 2.65. The van der Waals surface area contributed by atoms with Gasteiger partial charge >= 0.3 is 0 Å². The van der Waals surface area contributed by atoms with Crippen molar-refractivity contribution in [2.75, 3.05) is 11.9 Å². The molecule has 2 heterocycles. The fraction of sp³-hybridized carbons (Fsp3) is 0.421.